The summed E-state index contributed by atoms with van der Waals surface area (Å²) < 4.78 is 0. The standard InChI is InChI=1S/C9H15N5O3/c15-8(6-7-11-13-14-12-7)10-5-3-1-2-4-9(16)17/h1-6H2,(H,10,15)(H,16,17)(H,11,12,13,14). The molecule has 0 saturated carbocycles. The Labute approximate surface area is 97.8 Å². The van der Waals surface area contributed by atoms with Gasteiger partial charge in [-0.1, -0.05) is 11.6 Å². The van der Waals surface area contributed by atoms with Crippen LogP contribution in [0.1, 0.15) is 31.5 Å². The summed E-state index contributed by atoms with van der Waals surface area (Å²) >= 11 is 0. The van der Waals surface area contributed by atoms with Crippen molar-refractivity contribution < 1.29 is 14.7 Å². The van der Waals surface area contributed by atoms with Crippen LogP contribution in [0.3, 0.4) is 0 Å². The highest BCUT2D eigenvalue weighted by atomic mass is 16.4. The minimum absolute atomic E-state index is 0.103. The van der Waals surface area contributed by atoms with Crippen molar-refractivity contribution in [3.63, 3.8) is 0 Å². The highest BCUT2D eigenvalue weighted by Gasteiger charge is 2.06. The minimum Gasteiger partial charge on any atom is -0.481 e. The van der Waals surface area contributed by atoms with Gasteiger partial charge in [0.05, 0.1) is 6.42 Å². The number of hydrogen-bond acceptors (Lipinski definition) is 5. The van der Waals surface area contributed by atoms with E-state index in [1.54, 1.807) is 0 Å². The van der Waals surface area contributed by atoms with Gasteiger partial charge in [-0.15, -0.1) is 10.2 Å². The Morgan fingerprint density at radius 1 is 1.29 bits per heavy atom. The molecule has 8 heteroatoms. The second kappa shape index (κ2) is 7.31. The molecule has 0 spiro atoms. The van der Waals surface area contributed by atoms with Crippen LogP contribution in [-0.4, -0.2) is 44.2 Å². The second-order valence-corrected chi connectivity index (χ2v) is 3.56. The highest BCUT2D eigenvalue weighted by Crippen LogP contribution is 1.98. The molecule has 17 heavy (non-hydrogen) atoms. The maximum absolute atomic E-state index is 11.3. The van der Waals surface area contributed by atoms with Crippen molar-refractivity contribution in [2.45, 2.75) is 32.1 Å². The number of carbonyl (C=O) groups excluding carboxylic acids is 1. The van der Waals surface area contributed by atoms with Crippen LogP contribution in [-0.2, 0) is 16.0 Å². The van der Waals surface area contributed by atoms with E-state index >= 15 is 0 Å². The van der Waals surface area contributed by atoms with Crippen molar-refractivity contribution in [2.24, 2.45) is 0 Å². The number of tetrazole rings is 1. The van der Waals surface area contributed by atoms with Crippen molar-refractivity contribution >= 4 is 11.9 Å². The van der Waals surface area contributed by atoms with Gasteiger partial charge in [0.15, 0.2) is 5.82 Å². The fourth-order valence-corrected chi connectivity index (χ4v) is 1.27. The Bertz CT molecular complexity index is 352. The topological polar surface area (TPSA) is 121 Å². The van der Waals surface area contributed by atoms with Crippen LogP contribution in [0.4, 0.5) is 0 Å². The largest absolute Gasteiger partial charge is 0.481 e. The summed E-state index contributed by atoms with van der Waals surface area (Å²) in [6.45, 7) is 0.538. The summed E-state index contributed by atoms with van der Waals surface area (Å²) in [6.07, 6.45) is 2.47. The Hall–Kier alpha value is -1.99. The van der Waals surface area contributed by atoms with Crippen LogP contribution in [0.25, 0.3) is 0 Å². The molecule has 0 aliphatic heterocycles. The van der Waals surface area contributed by atoms with E-state index in [1.807, 2.05) is 0 Å². The number of unbranched alkanes of at least 4 members (excludes halogenated alkanes) is 2. The first-order valence-electron chi connectivity index (χ1n) is 5.39. The number of carbonyl (C=O) groups is 2. The molecule has 3 N–H and O–H groups in total. The third-order valence-corrected chi connectivity index (χ3v) is 2.10. The molecule has 94 valence electrons. The number of carboxylic acid groups (broad SMARTS) is 1. The first-order chi connectivity index (χ1) is 8.18. The SMILES string of the molecule is O=C(O)CCCCCNC(=O)Cc1nn[nH]n1. The first kappa shape index (κ1) is 13.1. The quantitative estimate of drug-likeness (QED) is 0.528. The van der Waals surface area contributed by atoms with Gasteiger partial charge in [-0.2, -0.15) is 5.21 Å². The number of rotatable bonds is 8. The Balaban J connectivity index is 1.99. The van der Waals surface area contributed by atoms with Crippen molar-refractivity contribution in [3.8, 4) is 0 Å². The van der Waals surface area contributed by atoms with Gasteiger partial charge in [0.2, 0.25) is 5.91 Å². The zero-order valence-corrected chi connectivity index (χ0v) is 9.35. The summed E-state index contributed by atoms with van der Waals surface area (Å²) in [5.41, 5.74) is 0. The Morgan fingerprint density at radius 2 is 2.12 bits per heavy atom. The predicted molar refractivity (Wildman–Crippen MR) is 57.0 cm³/mol. The lowest BCUT2D eigenvalue weighted by Crippen LogP contribution is -2.26. The monoisotopic (exact) mass is 241 g/mol. The van der Waals surface area contributed by atoms with E-state index in [0.29, 0.717) is 18.8 Å². The van der Waals surface area contributed by atoms with Gasteiger partial charge in [0.25, 0.3) is 0 Å². The van der Waals surface area contributed by atoms with Crippen LogP contribution in [0.15, 0.2) is 0 Å². The van der Waals surface area contributed by atoms with Crippen molar-refractivity contribution in [3.05, 3.63) is 5.82 Å². The van der Waals surface area contributed by atoms with Gasteiger partial charge in [-0.05, 0) is 12.8 Å². The molecule has 0 radical (unpaired) electrons. The molecule has 0 aromatic carbocycles. The maximum Gasteiger partial charge on any atom is 0.303 e. The van der Waals surface area contributed by atoms with Crippen LogP contribution in [0.2, 0.25) is 0 Å². The van der Waals surface area contributed by atoms with Crippen molar-refractivity contribution in [1.29, 1.82) is 0 Å². The lowest BCUT2D eigenvalue weighted by atomic mass is 10.2. The molecule has 0 bridgehead atoms. The number of aromatic nitrogens is 4. The normalized spacial score (nSPS) is 10.1. The molecule has 1 aromatic heterocycles. The van der Waals surface area contributed by atoms with E-state index in [4.69, 9.17) is 5.11 Å². The zero-order chi connectivity index (χ0) is 12.5. The van der Waals surface area contributed by atoms with E-state index < -0.39 is 5.97 Å². The number of nitrogens with one attached hydrogen (secondary N) is 2. The Kier molecular flexibility index (Phi) is 5.62. The summed E-state index contributed by atoms with van der Waals surface area (Å²) in [4.78, 5) is 21.5. The first-order valence-corrected chi connectivity index (χ1v) is 5.39. The molecule has 0 aliphatic carbocycles. The molecule has 1 aromatic rings. The fraction of sp³-hybridized carbons (Fsp3) is 0.667. The number of hydrogen-bond donors (Lipinski definition) is 3. The third kappa shape index (κ3) is 6.23. The zero-order valence-electron chi connectivity index (χ0n) is 9.35. The predicted octanol–water partition coefficient (Wildman–Crippen LogP) is -0.497. The van der Waals surface area contributed by atoms with E-state index in [1.165, 1.54) is 0 Å². The van der Waals surface area contributed by atoms with Crippen LogP contribution in [0.5, 0.6) is 0 Å². The van der Waals surface area contributed by atoms with Gasteiger partial charge in [0.1, 0.15) is 0 Å². The number of aromatic amines is 1. The molecule has 0 fully saturated rings. The number of carboxylic acids is 1. The smallest absolute Gasteiger partial charge is 0.303 e. The molecule has 1 heterocycles. The highest BCUT2D eigenvalue weighted by molar-refractivity contribution is 5.77. The molecular weight excluding hydrogens is 226 g/mol. The summed E-state index contributed by atoms with van der Waals surface area (Å²) in [5, 5.41) is 24.0. The van der Waals surface area contributed by atoms with Gasteiger partial charge >= 0.3 is 5.97 Å². The van der Waals surface area contributed by atoms with E-state index in [2.05, 4.69) is 25.9 Å². The third-order valence-electron chi connectivity index (χ3n) is 2.10. The minimum atomic E-state index is -0.786. The number of aliphatic carboxylic acids is 1. The maximum atomic E-state index is 11.3. The molecule has 0 aliphatic rings. The summed E-state index contributed by atoms with van der Waals surface area (Å²) in [6, 6.07) is 0. The van der Waals surface area contributed by atoms with Gasteiger partial charge in [-0.3, -0.25) is 9.59 Å². The fourth-order valence-electron chi connectivity index (χ4n) is 1.27. The van der Waals surface area contributed by atoms with Crippen LogP contribution >= 0.6 is 0 Å². The van der Waals surface area contributed by atoms with E-state index in [-0.39, 0.29) is 18.7 Å². The van der Waals surface area contributed by atoms with Crippen molar-refractivity contribution in [1.82, 2.24) is 25.9 Å². The number of nitrogens with zero attached hydrogens (tertiary/aromatic N) is 3. The van der Waals surface area contributed by atoms with E-state index in [9.17, 15) is 9.59 Å². The number of amides is 1. The van der Waals surface area contributed by atoms with Crippen LogP contribution in [0, 0.1) is 0 Å². The molecule has 1 rings (SSSR count). The molecule has 0 atom stereocenters. The molecule has 8 nitrogen and oxygen atoms in total. The average Bonchev–Trinajstić information content (AvgIpc) is 2.75. The molecular formula is C9H15N5O3. The van der Waals surface area contributed by atoms with E-state index in [0.717, 1.165) is 12.8 Å². The number of H-pyrrole nitrogens is 1. The van der Waals surface area contributed by atoms with Crippen LogP contribution < -0.4 is 5.32 Å². The Morgan fingerprint density at radius 3 is 2.76 bits per heavy atom. The summed E-state index contributed by atoms with van der Waals surface area (Å²) in [7, 11) is 0. The summed E-state index contributed by atoms with van der Waals surface area (Å²) in [5.74, 6) is -0.593. The lowest BCUT2D eigenvalue weighted by Gasteiger charge is -2.02. The second-order valence-electron chi connectivity index (χ2n) is 3.56. The lowest BCUT2D eigenvalue weighted by molar-refractivity contribution is -0.137. The average molecular weight is 241 g/mol. The van der Waals surface area contributed by atoms with Gasteiger partial charge in [-0.25, -0.2) is 0 Å². The van der Waals surface area contributed by atoms with Gasteiger partial charge < -0.3 is 10.4 Å². The van der Waals surface area contributed by atoms with Gasteiger partial charge in [0, 0.05) is 13.0 Å². The molecule has 0 saturated heterocycles. The van der Waals surface area contributed by atoms with Crippen molar-refractivity contribution in [2.75, 3.05) is 6.54 Å². The molecule has 1 amide bonds. The molecule has 0 unspecified atom stereocenters.